The maximum Gasteiger partial charge on any atom is 0.328 e. The highest BCUT2D eigenvalue weighted by Gasteiger charge is 2.28. The number of hydrogen-bond donors (Lipinski definition) is 3. The molecule has 7 nitrogen and oxygen atoms in total. The molecular formula is C9H16N2O5S. The minimum absolute atomic E-state index is 0.338. The Morgan fingerprint density at radius 1 is 1.35 bits per heavy atom. The van der Waals surface area contributed by atoms with Gasteiger partial charge in [-0.3, -0.25) is 4.21 Å². The number of carboxylic acids is 1. The van der Waals surface area contributed by atoms with E-state index in [-0.39, 0.29) is 0 Å². The van der Waals surface area contributed by atoms with Crippen LogP contribution in [-0.4, -0.2) is 68.1 Å². The van der Waals surface area contributed by atoms with Crippen LogP contribution in [0, 0.1) is 0 Å². The molecule has 0 bridgehead atoms. The minimum atomic E-state index is -1.32. The van der Waals surface area contributed by atoms with Crippen molar-refractivity contribution in [3.63, 3.8) is 0 Å². The number of nitrogens with zero attached hydrogens (tertiary/aromatic N) is 1. The summed E-state index contributed by atoms with van der Waals surface area (Å²) in [5.74, 6) is -0.478. The summed E-state index contributed by atoms with van der Waals surface area (Å²) in [6.07, 6.45) is -1.17. The molecule has 17 heavy (non-hydrogen) atoms. The van der Waals surface area contributed by atoms with Gasteiger partial charge in [0.05, 0.1) is 6.10 Å². The van der Waals surface area contributed by atoms with Crippen LogP contribution >= 0.6 is 0 Å². The SMILES string of the molecule is C[C@@H](O)[C@H](NC(=O)N1CCS(=O)CC1)C(=O)O. The van der Waals surface area contributed by atoms with Crippen LogP contribution in [0.4, 0.5) is 4.79 Å². The summed E-state index contributed by atoms with van der Waals surface area (Å²) in [6, 6.07) is -1.87. The topological polar surface area (TPSA) is 107 Å². The van der Waals surface area contributed by atoms with Crippen molar-refractivity contribution in [1.82, 2.24) is 10.2 Å². The van der Waals surface area contributed by atoms with Gasteiger partial charge in [0.25, 0.3) is 0 Å². The zero-order valence-electron chi connectivity index (χ0n) is 9.46. The lowest BCUT2D eigenvalue weighted by atomic mass is 10.2. The largest absolute Gasteiger partial charge is 0.480 e. The molecule has 0 aromatic heterocycles. The Morgan fingerprint density at radius 3 is 2.29 bits per heavy atom. The number of aliphatic hydroxyl groups excluding tert-OH is 1. The molecule has 2 atom stereocenters. The highest BCUT2D eigenvalue weighted by molar-refractivity contribution is 7.85. The van der Waals surface area contributed by atoms with E-state index in [1.54, 1.807) is 0 Å². The van der Waals surface area contributed by atoms with Gasteiger partial charge in [0.1, 0.15) is 0 Å². The van der Waals surface area contributed by atoms with Crippen molar-refractivity contribution in [3.05, 3.63) is 0 Å². The van der Waals surface area contributed by atoms with Crippen molar-refractivity contribution in [3.8, 4) is 0 Å². The Balaban J connectivity index is 2.53. The molecule has 1 aliphatic heterocycles. The number of carbonyl (C=O) groups excluding carboxylic acids is 1. The molecule has 1 saturated heterocycles. The third-order valence-corrected chi connectivity index (χ3v) is 3.77. The summed E-state index contributed by atoms with van der Waals surface area (Å²) in [5, 5.41) is 20.2. The van der Waals surface area contributed by atoms with Crippen molar-refractivity contribution in [1.29, 1.82) is 0 Å². The summed E-state index contributed by atoms with van der Waals surface area (Å²) in [7, 11) is -0.895. The van der Waals surface area contributed by atoms with E-state index >= 15 is 0 Å². The van der Waals surface area contributed by atoms with Gasteiger partial charge in [-0.25, -0.2) is 9.59 Å². The Bertz CT molecular complexity index is 323. The first-order valence-corrected chi connectivity index (χ1v) is 6.72. The Morgan fingerprint density at radius 2 is 1.88 bits per heavy atom. The quantitative estimate of drug-likeness (QED) is 0.581. The van der Waals surface area contributed by atoms with Crippen molar-refractivity contribution >= 4 is 22.8 Å². The van der Waals surface area contributed by atoms with E-state index < -0.39 is 34.9 Å². The fourth-order valence-electron chi connectivity index (χ4n) is 1.45. The third-order valence-electron chi connectivity index (χ3n) is 2.49. The average molecular weight is 264 g/mol. The van der Waals surface area contributed by atoms with Gasteiger partial charge in [-0.2, -0.15) is 0 Å². The number of amides is 2. The third kappa shape index (κ3) is 3.97. The molecule has 2 amide bonds. The molecule has 0 unspecified atom stereocenters. The zero-order chi connectivity index (χ0) is 13.0. The molecule has 98 valence electrons. The second-order valence-corrected chi connectivity index (χ2v) is 5.54. The number of hydrogen-bond acceptors (Lipinski definition) is 4. The van der Waals surface area contributed by atoms with Crippen LogP contribution in [0.5, 0.6) is 0 Å². The van der Waals surface area contributed by atoms with Crippen LogP contribution < -0.4 is 5.32 Å². The standard InChI is InChI=1S/C9H16N2O5S/c1-6(12)7(8(13)14)10-9(15)11-2-4-17(16)5-3-11/h6-7,12H,2-5H2,1H3,(H,10,15)(H,13,14)/t6-,7+/m1/s1. The molecule has 8 heteroatoms. The zero-order valence-corrected chi connectivity index (χ0v) is 10.3. The van der Waals surface area contributed by atoms with Gasteiger partial charge >= 0.3 is 12.0 Å². The molecule has 3 N–H and O–H groups in total. The van der Waals surface area contributed by atoms with Gasteiger partial charge in [0, 0.05) is 35.4 Å². The highest BCUT2D eigenvalue weighted by Crippen LogP contribution is 2.02. The lowest BCUT2D eigenvalue weighted by Gasteiger charge is -2.28. The van der Waals surface area contributed by atoms with Crippen molar-refractivity contribution in [2.45, 2.75) is 19.1 Å². The number of carbonyl (C=O) groups is 2. The van der Waals surface area contributed by atoms with Crippen LogP contribution in [0.25, 0.3) is 0 Å². The number of aliphatic hydroxyl groups is 1. The van der Waals surface area contributed by atoms with Gasteiger partial charge < -0.3 is 20.4 Å². The lowest BCUT2D eigenvalue weighted by Crippen LogP contribution is -2.54. The van der Waals surface area contributed by atoms with Gasteiger partial charge in [0.15, 0.2) is 6.04 Å². The minimum Gasteiger partial charge on any atom is -0.480 e. The van der Waals surface area contributed by atoms with E-state index in [1.807, 2.05) is 0 Å². The summed E-state index contributed by atoms with van der Waals surface area (Å²) < 4.78 is 11.1. The van der Waals surface area contributed by atoms with Gasteiger partial charge in [-0.15, -0.1) is 0 Å². The second kappa shape index (κ2) is 5.97. The Hall–Kier alpha value is -1.15. The molecule has 0 saturated carbocycles. The van der Waals surface area contributed by atoms with Crippen LogP contribution in [0.1, 0.15) is 6.92 Å². The molecule has 0 aromatic carbocycles. The molecule has 1 aliphatic rings. The smallest absolute Gasteiger partial charge is 0.328 e. The maximum atomic E-state index is 11.7. The normalized spacial score (nSPS) is 20.7. The Kier molecular flexibility index (Phi) is 4.88. The van der Waals surface area contributed by atoms with E-state index in [2.05, 4.69) is 5.32 Å². The fourth-order valence-corrected chi connectivity index (χ4v) is 2.51. The van der Waals surface area contributed by atoms with Gasteiger partial charge in [-0.05, 0) is 6.92 Å². The predicted molar refractivity (Wildman–Crippen MR) is 61.1 cm³/mol. The second-order valence-electron chi connectivity index (χ2n) is 3.84. The monoisotopic (exact) mass is 264 g/mol. The first-order valence-electron chi connectivity index (χ1n) is 5.23. The summed E-state index contributed by atoms with van der Waals surface area (Å²) in [5.41, 5.74) is 0. The molecule has 1 fully saturated rings. The van der Waals surface area contributed by atoms with Crippen LogP contribution in [0.2, 0.25) is 0 Å². The number of nitrogens with one attached hydrogen (secondary N) is 1. The fraction of sp³-hybridized carbons (Fsp3) is 0.778. The van der Waals surface area contributed by atoms with E-state index in [1.165, 1.54) is 11.8 Å². The van der Waals surface area contributed by atoms with Crippen LogP contribution in [0.3, 0.4) is 0 Å². The van der Waals surface area contributed by atoms with E-state index in [9.17, 15) is 18.9 Å². The number of carboxylic acid groups (broad SMARTS) is 1. The highest BCUT2D eigenvalue weighted by atomic mass is 32.2. The number of rotatable bonds is 3. The summed E-state index contributed by atoms with van der Waals surface area (Å²) in [6.45, 7) is 1.97. The molecule has 1 rings (SSSR count). The summed E-state index contributed by atoms with van der Waals surface area (Å²) in [4.78, 5) is 23.8. The van der Waals surface area contributed by atoms with Crippen molar-refractivity contribution in [2.24, 2.45) is 0 Å². The summed E-state index contributed by atoms with van der Waals surface area (Å²) >= 11 is 0. The van der Waals surface area contributed by atoms with Crippen LogP contribution in [-0.2, 0) is 15.6 Å². The average Bonchev–Trinajstić information content (AvgIpc) is 2.25. The van der Waals surface area contributed by atoms with Crippen LogP contribution in [0.15, 0.2) is 0 Å². The maximum absolute atomic E-state index is 11.7. The molecule has 0 aliphatic carbocycles. The molecule has 0 radical (unpaired) electrons. The first kappa shape index (κ1) is 13.9. The van der Waals surface area contributed by atoms with Gasteiger partial charge in [-0.1, -0.05) is 0 Å². The van der Waals surface area contributed by atoms with Gasteiger partial charge in [0.2, 0.25) is 0 Å². The predicted octanol–water partition coefficient (Wildman–Crippen LogP) is -1.41. The van der Waals surface area contributed by atoms with E-state index in [0.29, 0.717) is 24.6 Å². The lowest BCUT2D eigenvalue weighted by molar-refractivity contribution is -0.141. The number of aliphatic carboxylic acids is 1. The van der Waals surface area contributed by atoms with Crippen molar-refractivity contribution in [2.75, 3.05) is 24.6 Å². The molecule has 0 aromatic rings. The molecule has 0 spiro atoms. The number of urea groups is 1. The molecule has 1 heterocycles. The first-order chi connectivity index (χ1) is 7.91. The van der Waals surface area contributed by atoms with E-state index in [4.69, 9.17) is 5.11 Å². The molecular weight excluding hydrogens is 248 g/mol. The van der Waals surface area contributed by atoms with Crippen molar-refractivity contribution < 1.29 is 24.0 Å². The Labute approximate surface area is 101 Å². The van der Waals surface area contributed by atoms with E-state index in [0.717, 1.165) is 0 Å².